The van der Waals surface area contributed by atoms with Crippen LogP contribution in [0.1, 0.15) is 51.4 Å². The van der Waals surface area contributed by atoms with Crippen molar-refractivity contribution in [3.8, 4) is 11.1 Å². The number of amides is 1. The van der Waals surface area contributed by atoms with Crippen LogP contribution < -0.4 is 5.32 Å². The molecule has 7 nitrogen and oxygen atoms in total. The first-order valence-corrected chi connectivity index (χ1v) is 16.1. The minimum absolute atomic E-state index is 0.0684. The molecule has 1 aromatic heterocycles. The highest BCUT2D eigenvalue weighted by Gasteiger charge is 2.33. The minimum Gasteiger partial charge on any atom is -0.392 e. The van der Waals surface area contributed by atoms with Gasteiger partial charge in [0.2, 0.25) is 5.82 Å². The fourth-order valence-corrected chi connectivity index (χ4v) is 6.25. The number of imidazole rings is 1. The predicted octanol–water partition coefficient (Wildman–Crippen LogP) is 8.07. The summed E-state index contributed by atoms with van der Waals surface area (Å²) in [5, 5.41) is 11.8. The summed E-state index contributed by atoms with van der Waals surface area (Å²) in [6.07, 6.45) is 1.08. The first kappa shape index (κ1) is 34.0. The van der Waals surface area contributed by atoms with E-state index in [0.717, 1.165) is 33.3 Å². The fourth-order valence-electron chi connectivity index (χ4n) is 6.25. The second-order valence-corrected chi connectivity index (χ2v) is 12.1. The van der Waals surface area contributed by atoms with Gasteiger partial charge in [0.1, 0.15) is 5.56 Å². The lowest BCUT2D eigenvalue weighted by atomic mass is 9.97. The molecule has 3 atom stereocenters. The average Bonchev–Trinajstić information content (AvgIpc) is 3.58. The van der Waals surface area contributed by atoms with E-state index >= 15 is 0 Å². The summed E-state index contributed by atoms with van der Waals surface area (Å²) in [5.41, 5.74) is 4.72. The number of fused-ring (bicyclic) bond motifs is 1. The van der Waals surface area contributed by atoms with Gasteiger partial charge in [-0.1, -0.05) is 84.9 Å². The summed E-state index contributed by atoms with van der Waals surface area (Å²) in [4.78, 5) is 17.1. The number of aliphatic hydroxyl groups is 1. The number of aliphatic hydroxyl groups excluding tert-OH is 1. The molecule has 1 saturated heterocycles. The Morgan fingerprint density at radius 1 is 0.784 bits per heavy atom. The normalized spacial score (nSPS) is 17.5. The van der Waals surface area contributed by atoms with Crippen molar-refractivity contribution in [2.75, 3.05) is 0 Å². The highest BCUT2D eigenvalue weighted by molar-refractivity contribution is 5.95. The van der Waals surface area contributed by atoms with Crippen molar-refractivity contribution in [1.82, 2.24) is 14.9 Å². The number of nitrogens with one attached hydrogen (secondary N) is 1. The summed E-state index contributed by atoms with van der Waals surface area (Å²) in [7, 11) is 0. The molecule has 3 unspecified atom stereocenters. The molecule has 7 rings (SSSR count). The Balaban J connectivity index is 1.12. The van der Waals surface area contributed by atoms with Crippen molar-refractivity contribution in [2.24, 2.45) is 0 Å². The molecule has 12 heteroatoms. The van der Waals surface area contributed by atoms with Crippen molar-refractivity contribution in [1.29, 1.82) is 0 Å². The maximum Gasteiger partial charge on any atom is 0.257 e. The molecule has 0 radical (unpaired) electrons. The van der Waals surface area contributed by atoms with E-state index in [-0.39, 0.29) is 25.4 Å². The molecule has 0 bridgehead atoms. The zero-order chi connectivity index (χ0) is 35.6. The Bertz CT molecular complexity index is 2180. The monoisotopic (exact) mass is 699 g/mol. The number of hydrogen-bond donors (Lipinski definition) is 2. The van der Waals surface area contributed by atoms with Crippen molar-refractivity contribution in [3.63, 3.8) is 0 Å². The highest BCUT2D eigenvalue weighted by Crippen LogP contribution is 2.39. The van der Waals surface area contributed by atoms with E-state index in [4.69, 9.17) is 9.47 Å². The summed E-state index contributed by atoms with van der Waals surface area (Å²) < 4.78 is 84.4. The second kappa shape index (κ2) is 14.4. The van der Waals surface area contributed by atoms with Crippen LogP contribution in [0.2, 0.25) is 0 Å². The smallest absolute Gasteiger partial charge is 0.257 e. The predicted molar refractivity (Wildman–Crippen MR) is 177 cm³/mol. The molecule has 1 amide bonds. The third kappa shape index (κ3) is 6.85. The van der Waals surface area contributed by atoms with E-state index in [1.807, 2.05) is 72.8 Å². The minimum atomic E-state index is -2.34. The molecule has 0 spiro atoms. The van der Waals surface area contributed by atoms with Crippen molar-refractivity contribution in [3.05, 3.63) is 160 Å². The Morgan fingerprint density at radius 3 is 2.16 bits per heavy atom. The first-order valence-electron chi connectivity index (χ1n) is 16.1. The molecule has 0 saturated carbocycles. The molecule has 2 N–H and O–H groups in total. The van der Waals surface area contributed by atoms with Gasteiger partial charge in [-0.3, -0.25) is 4.79 Å². The van der Waals surface area contributed by atoms with Gasteiger partial charge in [-0.25, -0.2) is 26.9 Å². The summed E-state index contributed by atoms with van der Waals surface area (Å²) in [6, 6.07) is 29.7. The molecule has 1 aliphatic rings. The maximum atomic E-state index is 14.2. The molecule has 260 valence electrons. The Hall–Kier alpha value is -5.43. The van der Waals surface area contributed by atoms with Gasteiger partial charge in [-0.2, -0.15) is 0 Å². The summed E-state index contributed by atoms with van der Waals surface area (Å²) >= 11 is 0. The van der Waals surface area contributed by atoms with E-state index in [2.05, 4.69) is 14.9 Å². The zero-order valence-electron chi connectivity index (χ0n) is 26.8. The van der Waals surface area contributed by atoms with Gasteiger partial charge in [0.15, 0.2) is 29.6 Å². The maximum absolute atomic E-state index is 14.2. The molecule has 51 heavy (non-hydrogen) atoms. The number of para-hydroxylation sites is 2. The van der Waals surface area contributed by atoms with E-state index in [1.165, 1.54) is 0 Å². The second-order valence-electron chi connectivity index (χ2n) is 12.1. The first-order chi connectivity index (χ1) is 24.7. The van der Waals surface area contributed by atoms with Gasteiger partial charge < -0.3 is 24.5 Å². The molecule has 5 aromatic carbocycles. The van der Waals surface area contributed by atoms with Crippen LogP contribution in [-0.2, 0) is 29.2 Å². The SMILES string of the molecule is O=C(NCc1ccccc1-c1ccc(C2OC(Cn3cnc4ccccc43)CC(c3ccc(CO)cc3)O2)cc1)c1c(F)c(F)c(F)c(F)c1F. The largest absolute Gasteiger partial charge is 0.392 e. The molecule has 6 aromatic rings. The number of carbonyl (C=O) groups is 1. The van der Waals surface area contributed by atoms with Gasteiger partial charge in [0.25, 0.3) is 5.91 Å². The topological polar surface area (TPSA) is 85.6 Å². The lowest BCUT2D eigenvalue weighted by Crippen LogP contribution is -2.32. The Kier molecular flexibility index (Phi) is 9.63. The number of ether oxygens (including phenoxy) is 2. The van der Waals surface area contributed by atoms with Gasteiger partial charge in [-0.05, 0) is 39.9 Å². The van der Waals surface area contributed by atoms with E-state index in [0.29, 0.717) is 24.1 Å². The third-order valence-electron chi connectivity index (χ3n) is 8.93. The Labute approximate surface area is 288 Å². The van der Waals surface area contributed by atoms with Crippen LogP contribution in [-0.4, -0.2) is 26.7 Å². The quantitative estimate of drug-likeness (QED) is 0.0907. The van der Waals surface area contributed by atoms with E-state index in [9.17, 15) is 31.9 Å². The Morgan fingerprint density at radius 2 is 1.43 bits per heavy atom. The van der Waals surface area contributed by atoms with Gasteiger partial charge in [0, 0.05) is 18.5 Å². The number of hydrogen-bond acceptors (Lipinski definition) is 5. The van der Waals surface area contributed by atoms with Gasteiger partial charge in [0.05, 0.1) is 42.7 Å². The highest BCUT2D eigenvalue weighted by atomic mass is 19.2. The summed E-state index contributed by atoms with van der Waals surface area (Å²) in [5.74, 6) is -12.6. The van der Waals surface area contributed by atoms with Gasteiger partial charge >= 0.3 is 0 Å². The number of rotatable bonds is 9. The molecule has 1 fully saturated rings. The lowest BCUT2D eigenvalue weighted by Gasteiger charge is -2.36. The molecular formula is C39H30F5N3O4. The zero-order valence-corrected chi connectivity index (χ0v) is 26.8. The van der Waals surface area contributed by atoms with E-state index in [1.54, 1.807) is 30.6 Å². The average molecular weight is 700 g/mol. The third-order valence-corrected chi connectivity index (χ3v) is 8.93. The van der Waals surface area contributed by atoms with Crippen molar-refractivity contribution >= 4 is 16.9 Å². The number of benzene rings is 5. The standard InChI is InChI=1S/C39H30F5N3O4/c40-33-32(34(41)36(43)37(44)35(33)42)38(49)45-18-26-5-1-2-6-28(26)23-13-15-25(16-14-23)39-50-27(19-47-21-46-29-7-3-4-8-30(29)47)17-31(51-39)24-11-9-22(20-48)10-12-24/h1-16,21,27,31,39,48H,17-20H2,(H,45,49). The molecular weight excluding hydrogens is 669 g/mol. The van der Waals surface area contributed by atoms with Crippen LogP contribution in [0, 0.1) is 29.1 Å². The van der Waals surface area contributed by atoms with Crippen molar-refractivity contribution in [2.45, 2.75) is 44.6 Å². The summed E-state index contributed by atoms with van der Waals surface area (Å²) in [6.45, 7) is 0.210. The number of carbonyl (C=O) groups excluding carboxylic acids is 1. The van der Waals surface area contributed by atoms with Crippen LogP contribution >= 0.6 is 0 Å². The van der Waals surface area contributed by atoms with Crippen LogP contribution in [0.3, 0.4) is 0 Å². The number of nitrogens with zero attached hydrogens (tertiary/aromatic N) is 2. The molecule has 1 aliphatic heterocycles. The molecule has 2 heterocycles. The van der Waals surface area contributed by atoms with Gasteiger partial charge in [-0.15, -0.1) is 0 Å². The fraction of sp³-hybridized carbons (Fsp3) is 0.179. The van der Waals surface area contributed by atoms with E-state index < -0.39 is 46.8 Å². The number of halogens is 5. The van der Waals surface area contributed by atoms with Crippen LogP contribution in [0.15, 0.2) is 103 Å². The van der Waals surface area contributed by atoms with Crippen molar-refractivity contribution < 1.29 is 41.3 Å². The number of aromatic nitrogens is 2. The van der Waals surface area contributed by atoms with Crippen LogP contribution in [0.25, 0.3) is 22.2 Å². The molecule has 0 aliphatic carbocycles. The van der Waals surface area contributed by atoms with Crippen LogP contribution in [0.5, 0.6) is 0 Å². The lowest BCUT2D eigenvalue weighted by molar-refractivity contribution is -0.252. The van der Waals surface area contributed by atoms with Crippen LogP contribution in [0.4, 0.5) is 22.0 Å².